The zero-order chi connectivity index (χ0) is 34.9. The zero-order valence-corrected chi connectivity index (χ0v) is 29.5. The Labute approximate surface area is 284 Å². The van der Waals surface area contributed by atoms with Gasteiger partial charge in [0.1, 0.15) is 12.1 Å². The number of Topliss-reactive ketones (excluding diaryl/α,β-unsaturated/α-hetero) is 1. The Morgan fingerprint density at radius 1 is 0.938 bits per heavy atom. The number of benzene rings is 1. The number of nitrogens with one attached hydrogen (secondary N) is 3. The summed E-state index contributed by atoms with van der Waals surface area (Å²) in [6.45, 7) is 11.2. The molecule has 3 aromatic rings. The van der Waals surface area contributed by atoms with Crippen molar-refractivity contribution < 1.29 is 19.1 Å². The van der Waals surface area contributed by atoms with Crippen LogP contribution in [-0.2, 0) is 16.1 Å². The zero-order valence-electron chi connectivity index (χ0n) is 29.5. The second-order valence-electron chi connectivity index (χ2n) is 13.2. The van der Waals surface area contributed by atoms with Gasteiger partial charge in [-0.1, -0.05) is 49.9 Å². The smallest absolute Gasteiger partial charge is 0.328 e. The number of rotatable bonds is 23. The number of aromatic nitrogens is 4. The molecular weight excluding hydrogens is 612 g/mol. The van der Waals surface area contributed by atoms with E-state index in [1.165, 1.54) is 43.1 Å². The van der Waals surface area contributed by atoms with Gasteiger partial charge in [-0.25, -0.2) is 4.79 Å². The summed E-state index contributed by atoms with van der Waals surface area (Å²) in [5.41, 5.74) is 7.81. The van der Waals surface area contributed by atoms with E-state index in [-0.39, 0.29) is 60.7 Å². The first kappa shape index (κ1) is 38.6. The molecule has 0 bridgehead atoms. The third kappa shape index (κ3) is 13.0. The summed E-state index contributed by atoms with van der Waals surface area (Å²) in [5, 5.41) is 6.36. The molecule has 13 heteroatoms. The Balaban J connectivity index is 1.28. The molecule has 0 aliphatic heterocycles. The van der Waals surface area contributed by atoms with Crippen molar-refractivity contribution in [2.24, 2.45) is 0 Å². The lowest BCUT2D eigenvalue weighted by atomic mass is 10.0. The highest BCUT2D eigenvalue weighted by atomic mass is 16.5. The fraction of sp³-hybridized carbons (Fsp3) is 0.629. The molecule has 13 nitrogen and oxygen atoms in total. The molecule has 2 heterocycles. The average Bonchev–Trinajstić information content (AvgIpc) is 3.36. The maximum absolute atomic E-state index is 12.7. The topological polar surface area (TPSA) is 169 Å². The molecule has 2 aromatic heterocycles. The first-order valence-electron chi connectivity index (χ1n) is 17.2. The minimum Gasteiger partial charge on any atom is -0.461 e. The number of hydrogen-bond donors (Lipinski definition) is 4. The van der Waals surface area contributed by atoms with Crippen LogP contribution in [0.5, 0.6) is 6.01 Å². The molecule has 48 heavy (non-hydrogen) atoms. The monoisotopic (exact) mass is 668 g/mol. The summed E-state index contributed by atoms with van der Waals surface area (Å²) in [4.78, 5) is 51.2. The molecule has 0 unspecified atom stereocenters. The molecule has 3 rings (SSSR count). The van der Waals surface area contributed by atoms with Crippen LogP contribution in [-0.4, -0.2) is 95.2 Å². The third-order valence-electron chi connectivity index (χ3n) is 8.44. The third-order valence-corrected chi connectivity index (χ3v) is 8.44. The van der Waals surface area contributed by atoms with Crippen molar-refractivity contribution in [3.63, 3.8) is 0 Å². The number of ketones is 1. The van der Waals surface area contributed by atoms with E-state index in [1.807, 2.05) is 0 Å². The van der Waals surface area contributed by atoms with E-state index in [0.717, 1.165) is 31.6 Å². The molecule has 0 saturated heterocycles. The number of fused-ring (bicyclic) bond motifs is 1. The molecule has 0 aliphatic carbocycles. The van der Waals surface area contributed by atoms with E-state index in [4.69, 9.17) is 15.2 Å². The number of H-pyrrole nitrogens is 1. The Hall–Kier alpha value is -3.81. The van der Waals surface area contributed by atoms with Crippen LogP contribution in [0.1, 0.15) is 94.5 Å². The van der Waals surface area contributed by atoms with Gasteiger partial charge in [0.25, 0.3) is 0 Å². The number of carbonyl (C=O) groups is 2. The van der Waals surface area contributed by atoms with Crippen LogP contribution in [0.25, 0.3) is 11.2 Å². The molecular formula is C35H56N8O5. The van der Waals surface area contributed by atoms with Crippen molar-refractivity contribution in [3.8, 4) is 6.01 Å². The largest absolute Gasteiger partial charge is 0.461 e. The summed E-state index contributed by atoms with van der Waals surface area (Å²) < 4.78 is 11.9. The van der Waals surface area contributed by atoms with Crippen molar-refractivity contribution in [1.29, 1.82) is 0 Å². The standard InChI is InChI=1S/C35H56N8O5/c1-35(2,3)42(4)22-11-9-7-6-8-10-19-37-20-12-21-38-29(45)18-17-28(44)27-15-13-26(14-16-27)25-43-32-30(39-34(43)46)31(36)40-33(41-32)48-24-23-47-5/h13-16,37H,6-12,17-25H2,1-5H3,(H,38,45)(H,39,46)(H2,36,40,41). The Kier molecular flexibility index (Phi) is 16.0. The number of ether oxygens (including phenoxy) is 2. The van der Waals surface area contributed by atoms with Gasteiger partial charge >= 0.3 is 11.7 Å². The van der Waals surface area contributed by atoms with Gasteiger partial charge in [0.05, 0.1) is 13.2 Å². The van der Waals surface area contributed by atoms with Gasteiger partial charge in [-0.15, -0.1) is 0 Å². The molecule has 0 atom stereocenters. The molecule has 0 radical (unpaired) electrons. The van der Waals surface area contributed by atoms with Gasteiger partial charge in [0, 0.05) is 37.6 Å². The number of unbranched alkanes of at least 4 members (excludes halogenated alkanes) is 5. The molecule has 266 valence electrons. The molecule has 0 fully saturated rings. The highest BCUT2D eigenvalue weighted by Gasteiger charge is 2.17. The number of aromatic amines is 1. The maximum atomic E-state index is 12.7. The van der Waals surface area contributed by atoms with Crippen LogP contribution >= 0.6 is 0 Å². The molecule has 1 amide bonds. The highest BCUT2D eigenvalue weighted by Crippen LogP contribution is 2.19. The number of nitrogen functional groups attached to an aromatic ring is 1. The summed E-state index contributed by atoms with van der Waals surface area (Å²) in [6, 6.07) is 7.02. The van der Waals surface area contributed by atoms with Gasteiger partial charge in [-0.2, -0.15) is 9.97 Å². The van der Waals surface area contributed by atoms with E-state index in [0.29, 0.717) is 29.9 Å². The number of amides is 1. The first-order chi connectivity index (χ1) is 23.0. The first-order valence-corrected chi connectivity index (χ1v) is 17.2. The van der Waals surface area contributed by atoms with E-state index < -0.39 is 0 Å². The van der Waals surface area contributed by atoms with Gasteiger partial charge in [-0.3, -0.25) is 14.2 Å². The summed E-state index contributed by atoms with van der Waals surface area (Å²) >= 11 is 0. The number of nitrogens with zero attached hydrogens (tertiary/aromatic N) is 4. The summed E-state index contributed by atoms with van der Waals surface area (Å²) in [5.74, 6) is -0.134. The Morgan fingerprint density at radius 2 is 1.62 bits per heavy atom. The predicted octanol–water partition coefficient (Wildman–Crippen LogP) is 3.91. The van der Waals surface area contributed by atoms with Gasteiger partial charge in [-0.05, 0) is 72.3 Å². The van der Waals surface area contributed by atoms with Crippen molar-refractivity contribution in [3.05, 3.63) is 45.9 Å². The van der Waals surface area contributed by atoms with E-state index in [2.05, 4.69) is 58.3 Å². The molecule has 5 N–H and O–H groups in total. The fourth-order valence-electron chi connectivity index (χ4n) is 5.10. The van der Waals surface area contributed by atoms with Gasteiger partial charge in [0.2, 0.25) is 5.91 Å². The van der Waals surface area contributed by atoms with E-state index in [1.54, 1.807) is 31.4 Å². The van der Waals surface area contributed by atoms with Gasteiger partial charge in [0.15, 0.2) is 17.2 Å². The van der Waals surface area contributed by atoms with E-state index >= 15 is 0 Å². The minimum absolute atomic E-state index is 0.0501. The van der Waals surface area contributed by atoms with Crippen LogP contribution in [0.2, 0.25) is 0 Å². The van der Waals surface area contributed by atoms with Crippen molar-refractivity contribution in [2.45, 2.75) is 90.6 Å². The molecule has 0 spiro atoms. The van der Waals surface area contributed by atoms with Gasteiger partial charge < -0.3 is 35.7 Å². The SMILES string of the molecule is COCCOc1nc(N)c2[nH]c(=O)n(Cc3ccc(C(=O)CCC(=O)NCCCNCCCCCCCCN(C)C(C)(C)C)cc3)c2n1. The van der Waals surface area contributed by atoms with E-state index in [9.17, 15) is 14.4 Å². The predicted molar refractivity (Wildman–Crippen MR) is 190 cm³/mol. The lowest BCUT2D eigenvalue weighted by Gasteiger charge is -2.31. The van der Waals surface area contributed by atoms with Crippen molar-refractivity contribution in [1.82, 2.24) is 35.1 Å². The number of methoxy groups -OCH3 is 1. The second-order valence-corrected chi connectivity index (χ2v) is 13.2. The highest BCUT2D eigenvalue weighted by molar-refractivity contribution is 5.98. The number of anilines is 1. The average molecular weight is 669 g/mol. The van der Waals surface area contributed by atoms with Crippen LogP contribution in [0.4, 0.5) is 5.82 Å². The number of carbonyl (C=O) groups excluding carboxylic acids is 2. The lowest BCUT2D eigenvalue weighted by molar-refractivity contribution is -0.121. The van der Waals surface area contributed by atoms with Crippen LogP contribution < -0.4 is 26.8 Å². The summed E-state index contributed by atoms with van der Waals surface area (Å²) in [6.07, 6.45) is 8.68. The fourth-order valence-corrected chi connectivity index (χ4v) is 5.10. The Bertz CT molecular complexity index is 1480. The van der Waals surface area contributed by atoms with Crippen molar-refractivity contribution in [2.75, 3.05) is 59.3 Å². The van der Waals surface area contributed by atoms with Crippen molar-refractivity contribution >= 4 is 28.7 Å². The normalized spacial score (nSPS) is 11.8. The summed E-state index contributed by atoms with van der Waals surface area (Å²) in [7, 11) is 3.76. The van der Waals surface area contributed by atoms with Crippen LogP contribution in [0.15, 0.2) is 29.1 Å². The number of imidazole rings is 1. The molecule has 0 aliphatic rings. The maximum Gasteiger partial charge on any atom is 0.328 e. The molecule has 1 aromatic carbocycles. The Morgan fingerprint density at radius 3 is 2.33 bits per heavy atom. The molecule has 0 saturated carbocycles. The quantitative estimate of drug-likeness (QED) is 0.0859. The second kappa shape index (κ2) is 19.9. The lowest BCUT2D eigenvalue weighted by Crippen LogP contribution is -2.38. The van der Waals surface area contributed by atoms with Crippen LogP contribution in [0, 0.1) is 0 Å². The number of nitrogens with two attached hydrogens (primary N) is 1. The van der Waals surface area contributed by atoms with Crippen LogP contribution in [0.3, 0.4) is 0 Å². The number of hydrogen-bond acceptors (Lipinski definition) is 10. The minimum atomic E-state index is -0.390.